The van der Waals surface area contributed by atoms with Crippen molar-refractivity contribution in [3.05, 3.63) is 17.7 Å². The molecule has 0 saturated carbocycles. The lowest BCUT2D eigenvalue weighted by atomic mass is 10.1. The predicted molar refractivity (Wildman–Crippen MR) is 64.9 cm³/mol. The molecule has 2 N–H and O–H groups in total. The normalized spacial score (nSPS) is 21.4. The maximum atomic E-state index is 9.87. The van der Waals surface area contributed by atoms with Crippen LogP contribution in [0.2, 0.25) is 0 Å². The Morgan fingerprint density at radius 3 is 2.89 bits per heavy atom. The quantitative estimate of drug-likeness (QED) is 0.843. The van der Waals surface area contributed by atoms with Gasteiger partial charge in [0.05, 0.1) is 6.61 Å². The molecule has 1 saturated heterocycles. The van der Waals surface area contributed by atoms with Crippen molar-refractivity contribution in [3.63, 3.8) is 0 Å². The van der Waals surface area contributed by atoms with Crippen LogP contribution >= 0.6 is 0 Å². The smallest absolute Gasteiger partial charge is 0.231 e. The van der Waals surface area contributed by atoms with Gasteiger partial charge in [-0.15, -0.1) is 0 Å². The van der Waals surface area contributed by atoms with E-state index in [0.717, 1.165) is 31.7 Å². The van der Waals surface area contributed by atoms with Crippen molar-refractivity contribution in [1.82, 2.24) is 5.32 Å². The number of fused-ring (bicyclic) bond motifs is 1. The molecular formula is C13H17NO4. The van der Waals surface area contributed by atoms with Gasteiger partial charge in [-0.25, -0.2) is 0 Å². The first-order chi connectivity index (χ1) is 8.83. The van der Waals surface area contributed by atoms with E-state index in [1.165, 1.54) is 0 Å². The Balaban J connectivity index is 1.58. The van der Waals surface area contributed by atoms with Gasteiger partial charge >= 0.3 is 0 Å². The average molecular weight is 251 g/mol. The SMILES string of the molecule is Oc1cc2c(cc1CNCC1CCOC1)OCO2. The second kappa shape index (κ2) is 5.04. The van der Waals surface area contributed by atoms with E-state index in [2.05, 4.69) is 5.32 Å². The fourth-order valence-corrected chi connectivity index (χ4v) is 2.27. The summed E-state index contributed by atoms with van der Waals surface area (Å²) in [5.74, 6) is 2.14. The summed E-state index contributed by atoms with van der Waals surface area (Å²) in [5.41, 5.74) is 0.832. The van der Waals surface area contributed by atoms with Gasteiger partial charge < -0.3 is 24.6 Å². The van der Waals surface area contributed by atoms with Gasteiger partial charge in [-0.05, 0) is 18.4 Å². The second-order valence-electron chi connectivity index (χ2n) is 4.69. The molecule has 5 heteroatoms. The molecule has 5 nitrogen and oxygen atoms in total. The minimum Gasteiger partial charge on any atom is -0.507 e. The minimum atomic E-state index is 0.227. The Hall–Kier alpha value is -1.46. The first-order valence-corrected chi connectivity index (χ1v) is 6.23. The third kappa shape index (κ3) is 2.37. The van der Waals surface area contributed by atoms with Crippen molar-refractivity contribution in [2.24, 2.45) is 5.92 Å². The highest BCUT2D eigenvalue weighted by atomic mass is 16.7. The number of ether oxygens (including phenoxy) is 3. The third-order valence-corrected chi connectivity index (χ3v) is 3.35. The third-order valence-electron chi connectivity index (χ3n) is 3.35. The van der Waals surface area contributed by atoms with Crippen molar-refractivity contribution < 1.29 is 19.3 Å². The predicted octanol–water partition coefficient (Wildman–Crippen LogP) is 1.25. The fraction of sp³-hybridized carbons (Fsp3) is 0.538. The van der Waals surface area contributed by atoms with Gasteiger partial charge in [-0.3, -0.25) is 0 Å². The van der Waals surface area contributed by atoms with Crippen LogP contribution in [0.25, 0.3) is 0 Å². The van der Waals surface area contributed by atoms with E-state index in [-0.39, 0.29) is 12.5 Å². The molecule has 0 radical (unpaired) electrons. The summed E-state index contributed by atoms with van der Waals surface area (Å²) in [6, 6.07) is 3.44. The summed E-state index contributed by atoms with van der Waals surface area (Å²) in [4.78, 5) is 0. The van der Waals surface area contributed by atoms with Crippen LogP contribution in [0.5, 0.6) is 17.2 Å². The van der Waals surface area contributed by atoms with Crippen molar-refractivity contribution in [1.29, 1.82) is 0 Å². The molecule has 18 heavy (non-hydrogen) atoms. The number of nitrogens with one attached hydrogen (secondary N) is 1. The molecule has 1 aromatic carbocycles. The zero-order chi connectivity index (χ0) is 12.4. The van der Waals surface area contributed by atoms with Crippen LogP contribution in [0.1, 0.15) is 12.0 Å². The molecule has 1 aromatic rings. The molecule has 0 bridgehead atoms. The molecule has 2 heterocycles. The molecule has 98 valence electrons. The van der Waals surface area contributed by atoms with Crippen molar-refractivity contribution in [2.75, 3.05) is 26.6 Å². The van der Waals surface area contributed by atoms with Gasteiger partial charge in [0.2, 0.25) is 6.79 Å². The van der Waals surface area contributed by atoms with Crippen molar-refractivity contribution in [3.8, 4) is 17.2 Å². The monoisotopic (exact) mass is 251 g/mol. The Bertz CT molecular complexity index is 429. The Morgan fingerprint density at radius 1 is 1.28 bits per heavy atom. The topological polar surface area (TPSA) is 60.0 Å². The van der Waals surface area contributed by atoms with E-state index < -0.39 is 0 Å². The lowest BCUT2D eigenvalue weighted by molar-refractivity contribution is 0.174. The van der Waals surface area contributed by atoms with Gasteiger partial charge in [0.25, 0.3) is 0 Å². The Labute approximate surface area is 106 Å². The fourth-order valence-electron chi connectivity index (χ4n) is 2.27. The Kier molecular flexibility index (Phi) is 3.25. The van der Waals surface area contributed by atoms with E-state index >= 15 is 0 Å². The zero-order valence-corrected chi connectivity index (χ0v) is 10.1. The molecular weight excluding hydrogens is 234 g/mol. The van der Waals surface area contributed by atoms with Gasteiger partial charge in [-0.2, -0.15) is 0 Å². The van der Waals surface area contributed by atoms with Gasteiger partial charge in [0.15, 0.2) is 11.5 Å². The van der Waals surface area contributed by atoms with Crippen LogP contribution in [0.4, 0.5) is 0 Å². The second-order valence-corrected chi connectivity index (χ2v) is 4.69. The maximum absolute atomic E-state index is 9.87. The molecule has 3 rings (SSSR count). The van der Waals surface area contributed by atoms with Crippen LogP contribution in [0, 0.1) is 5.92 Å². The number of rotatable bonds is 4. The molecule has 0 spiro atoms. The maximum Gasteiger partial charge on any atom is 0.231 e. The Morgan fingerprint density at radius 2 is 2.11 bits per heavy atom. The number of benzene rings is 1. The summed E-state index contributed by atoms with van der Waals surface area (Å²) in [5, 5.41) is 13.2. The van der Waals surface area contributed by atoms with Crippen LogP contribution in [-0.4, -0.2) is 31.7 Å². The van der Waals surface area contributed by atoms with E-state index in [1.54, 1.807) is 6.07 Å². The lowest BCUT2D eigenvalue weighted by Crippen LogP contribution is -2.22. The molecule has 0 amide bonds. The van der Waals surface area contributed by atoms with Gasteiger partial charge in [0, 0.05) is 31.3 Å². The van der Waals surface area contributed by atoms with Crippen LogP contribution in [0.3, 0.4) is 0 Å². The molecule has 1 atom stereocenters. The standard InChI is InChI=1S/C13H17NO4/c15-11-4-13-12(17-8-18-13)3-10(11)6-14-5-9-1-2-16-7-9/h3-4,9,14-15H,1-2,5-8H2. The first-order valence-electron chi connectivity index (χ1n) is 6.23. The number of phenols is 1. The molecule has 0 aliphatic carbocycles. The summed E-state index contributed by atoms with van der Waals surface area (Å²) in [6.45, 7) is 3.46. The highest BCUT2D eigenvalue weighted by Crippen LogP contribution is 2.37. The minimum absolute atomic E-state index is 0.227. The van der Waals surface area contributed by atoms with Crippen LogP contribution < -0.4 is 14.8 Å². The summed E-state index contributed by atoms with van der Waals surface area (Å²) in [7, 11) is 0. The average Bonchev–Trinajstić information content (AvgIpc) is 3.00. The van der Waals surface area contributed by atoms with Crippen molar-refractivity contribution in [2.45, 2.75) is 13.0 Å². The zero-order valence-electron chi connectivity index (χ0n) is 10.1. The van der Waals surface area contributed by atoms with E-state index in [4.69, 9.17) is 14.2 Å². The van der Waals surface area contributed by atoms with Crippen molar-refractivity contribution >= 4 is 0 Å². The molecule has 2 aliphatic rings. The van der Waals surface area contributed by atoms with Gasteiger partial charge in [0.1, 0.15) is 5.75 Å². The largest absolute Gasteiger partial charge is 0.507 e. The number of phenolic OH excluding ortho intramolecular Hbond substituents is 1. The van der Waals surface area contributed by atoms with E-state index in [9.17, 15) is 5.11 Å². The van der Waals surface area contributed by atoms with E-state index in [1.807, 2.05) is 6.07 Å². The number of hydrogen-bond donors (Lipinski definition) is 2. The first kappa shape index (κ1) is 11.6. The molecule has 1 fully saturated rings. The summed E-state index contributed by atoms with van der Waals surface area (Å²) >= 11 is 0. The lowest BCUT2D eigenvalue weighted by Gasteiger charge is -2.11. The molecule has 1 unspecified atom stereocenters. The highest BCUT2D eigenvalue weighted by Gasteiger charge is 2.18. The number of aromatic hydroxyl groups is 1. The highest BCUT2D eigenvalue weighted by molar-refractivity contribution is 5.51. The molecule has 0 aromatic heterocycles. The van der Waals surface area contributed by atoms with Gasteiger partial charge in [-0.1, -0.05) is 0 Å². The number of hydrogen-bond acceptors (Lipinski definition) is 5. The van der Waals surface area contributed by atoms with E-state index in [0.29, 0.717) is 24.0 Å². The summed E-state index contributed by atoms with van der Waals surface area (Å²) < 4.78 is 15.8. The molecule has 2 aliphatic heterocycles. The van der Waals surface area contributed by atoms with Crippen LogP contribution in [0.15, 0.2) is 12.1 Å². The summed E-state index contributed by atoms with van der Waals surface area (Å²) in [6.07, 6.45) is 1.11. The van der Waals surface area contributed by atoms with Crippen LogP contribution in [-0.2, 0) is 11.3 Å².